The summed E-state index contributed by atoms with van der Waals surface area (Å²) >= 11 is 0. The number of anilines is 1. The minimum Gasteiger partial charge on any atom is -0.383 e. The van der Waals surface area contributed by atoms with Crippen molar-refractivity contribution in [1.29, 1.82) is 0 Å². The smallest absolute Gasteiger partial charge is 0.254 e. The van der Waals surface area contributed by atoms with Crippen molar-refractivity contribution in [2.24, 2.45) is 0 Å². The lowest BCUT2D eigenvalue weighted by Crippen LogP contribution is -2.23. The first-order valence-electron chi connectivity index (χ1n) is 9.90. The second kappa shape index (κ2) is 8.47. The molecule has 1 amide bonds. The van der Waals surface area contributed by atoms with E-state index in [2.05, 4.69) is 10.3 Å². The maximum Gasteiger partial charge on any atom is 0.254 e. The third-order valence-electron chi connectivity index (χ3n) is 5.46. The number of halogens is 1. The summed E-state index contributed by atoms with van der Waals surface area (Å²) in [6.45, 7) is 0.296. The van der Waals surface area contributed by atoms with Gasteiger partial charge in [0, 0.05) is 24.2 Å². The molecular formula is C23H22FN3O3S. The van der Waals surface area contributed by atoms with Crippen molar-refractivity contribution in [3.05, 3.63) is 83.3 Å². The van der Waals surface area contributed by atoms with Gasteiger partial charge in [-0.15, -0.1) is 0 Å². The number of rotatable bonds is 5. The minimum atomic E-state index is -3.04. The Bertz CT molecular complexity index is 1230. The SMILES string of the molecule is Nc1ncc([C@@H]2CCS(=O)(=O)C2)cc1-c1ccc(C(=O)NCc2ccccc2)c(F)c1. The molecular weight excluding hydrogens is 417 g/mol. The highest BCUT2D eigenvalue weighted by atomic mass is 32.2. The summed E-state index contributed by atoms with van der Waals surface area (Å²) in [5, 5.41) is 2.71. The molecule has 0 saturated carbocycles. The Kier molecular flexibility index (Phi) is 5.73. The fourth-order valence-electron chi connectivity index (χ4n) is 3.74. The predicted octanol–water partition coefficient (Wildman–Crippen LogP) is 3.30. The van der Waals surface area contributed by atoms with Crippen molar-refractivity contribution in [2.75, 3.05) is 17.2 Å². The third-order valence-corrected chi connectivity index (χ3v) is 7.23. The molecule has 8 heteroatoms. The number of nitrogen functional groups attached to an aromatic ring is 1. The Morgan fingerprint density at radius 3 is 2.61 bits per heavy atom. The number of carbonyl (C=O) groups excluding carboxylic acids is 1. The monoisotopic (exact) mass is 439 g/mol. The summed E-state index contributed by atoms with van der Waals surface area (Å²) in [5.74, 6) is -0.888. The molecule has 1 saturated heterocycles. The second-order valence-electron chi connectivity index (χ2n) is 7.66. The Morgan fingerprint density at radius 2 is 1.94 bits per heavy atom. The summed E-state index contributed by atoms with van der Waals surface area (Å²) in [6.07, 6.45) is 2.11. The van der Waals surface area contributed by atoms with Crippen LogP contribution in [-0.2, 0) is 16.4 Å². The largest absolute Gasteiger partial charge is 0.383 e. The Labute approximate surface area is 180 Å². The lowest BCUT2D eigenvalue weighted by molar-refractivity contribution is 0.0947. The minimum absolute atomic E-state index is 0.0655. The summed E-state index contributed by atoms with van der Waals surface area (Å²) in [6, 6.07) is 15.4. The molecule has 3 aromatic rings. The number of nitrogens with zero attached hydrogens (tertiary/aromatic N) is 1. The lowest BCUT2D eigenvalue weighted by Gasteiger charge is -2.13. The zero-order valence-corrected chi connectivity index (χ0v) is 17.5. The highest BCUT2D eigenvalue weighted by Gasteiger charge is 2.29. The van der Waals surface area contributed by atoms with E-state index in [1.165, 1.54) is 12.1 Å². The van der Waals surface area contributed by atoms with Crippen LogP contribution in [0.5, 0.6) is 0 Å². The van der Waals surface area contributed by atoms with E-state index in [9.17, 15) is 17.6 Å². The quantitative estimate of drug-likeness (QED) is 0.635. The average Bonchev–Trinajstić information content (AvgIpc) is 3.12. The van der Waals surface area contributed by atoms with Gasteiger partial charge in [-0.2, -0.15) is 0 Å². The predicted molar refractivity (Wildman–Crippen MR) is 118 cm³/mol. The van der Waals surface area contributed by atoms with E-state index in [-0.39, 0.29) is 28.8 Å². The highest BCUT2D eigenvalue weighted by molar-refractivity contribution is 7.91. The van der Waals surface area contributed by atoms with E-state index in [1.807, 2.05) is 30.3 Å². The van der Waals surface area contributed by atoms with Gasteiger partial charge in [-0.3, -0.25) is 4.79 Å². The van der Waals surface area contributed by atoms with Gasteiger partial charge in [-0.1, -0.05) is 36.4 Å². The molecule has 0 aliphatic carbocycles. The number of amides is 1. The van der Waals surface area contributed by atoms with Gasteiger partial charge in [-0.05, 0) is 41.3 Å². The molecule has 1 aliphatic heterocycles. The molecule has 160 valence electrons. The molecule has 2 aromatic carbocycles. The van der Waals surface area contributed by atoms with Crippen LogP contribution in [0.1, 0.15) is 33.8 Å². The maximum atomic E-state index is 14.7. The molecule has 3 N–H and O–H groups in total. The number of carbonyl (C=O) groups is 1. The lowest BCUT2D eigenvalue weighted by atomic mass is 9.96. The van der Waals surface area contributed by atoms with Gasteiger partial charge in [0.2, 0.25) is 0 Å². The van der Waals surface area contributed by atoms with Crippen LogP contribution in [0.15, 0.2) is 60.8 Å². The van der Waals surface area contributed by atoms with Crippen molar-refractivity contribution in [2.45, 2.75) is 18.9 Å². The first-order chi connectivity index (χ1) is 14.8. The van der Waals surface area contributed by atoms with Crippen LogP contribution in [0, 0.1) is 5.82 Å². The number of nitrogens with one attached hydrogen (secondary N) is 1. The first-order valence-corrected chi connectivity index (χ1v) is 11.7. The van der Waals surface area contributed by atoms with Crippen LogP contribution < -0.4 is 11.1 Å². The summed E-state index contributed by atoms with van der Waals surface area (Å²) in [7, 11) is -3.04. The number of hydrogen-bond acceptors (Lipinski definition) is 5. The molecule has 1 fully saturated rings. The molecule has 1 aliphatic rings. The van der Waals surface area contributed by atoms with E-state index in [0.717, 1.165) is 11.1 Å². The number of aromatic nitrogens is 1. The maximum absolute atomic E-state index is 14.7. The van der Waals surface area contributed by atoms with Crippen LogP contribution in [0.2, 0.25) is 0 Å². The molecule has 0 bridgehead atoms. The number of pyridine rings is 1. The van der Waals surface area contributed by atoms with Gasteiger partial charge in [0.05, 0.1) is 17.1 Å². The average molecular weight is 440 g/mol. The fourth-order valence-corrected chi connectivity index (χ4v) is 5.53. The standard InChI is InChI=1S/C23H22FN3O3S/c24-21-11-16(6-7-19(21)23(28)27-12-15-4-2-1-3-5-15)20-10-18(13-26-22(20)25)17-8-9-31(29,30)14-17/h1-7,10-11,13,17H,8-9,12,14H2,(H2,25,26)(H,27,28)/t17-/m1/s1. The highest BCUT2D eigenvalue weighted by Crippen LogP contribution is 2.33. The second-order valence-corrected chi connectivity index (χ2v) is 9.89. The molecule has 0 radical (unpaired) electrons. The summed E-state index contributed by atoms with van der Waals surface area (Å²) in [5.41, 5.74) is 8.60. The van der Waals surface area contributed by atoms with Crippen molar-refractivity contribution < 1.29 is 17.6 Å². The van der Waals surface area contributed by atoms with Crippen molar-refractivity contribution in [3.63, 3.8) is 0 Å². The molecule has 2 heterocycles. The van der Waals surface area contributed by atoms with E-state index in [0.29, 0.717) is 24.1 Å². The molecule has 4 rings (SSSR count). The molecule has 0 unspecified atom stereocenters. The summed E-state index contributed by atoms with van der Waals surface area (Å²) in [4.78, 5) is 16.6. The van der Waals surface area contributed by atoms with E-state index < -0.39 is 21.6 Å². The van der Waals surface area contributed by atoms with Gasteiger partial charge < -0.3 is 11.1 Å². The van der Waals surface area contributed by atoms with Gasteiger partial charge in [0.25, 0.3) is 5.91 Å². The first kappa shape index (κ1) is 21.0. The van der Waals surface area contributed by atoms with Crippen molar-refractivity contribution >= 4 is 21.6 Å². The Balaban J connectivity index is 1.55. The van der Waals surface area contributed by atoms with E-state index in [4.69, 9.17) is 5.73 Å². The number of sulfone groups is 1. The topological polar surface area (TPSA) is 102 Å². The normalized spacial score (nSPS) is 17.4. The van der Waals surface area contributed by atoms with E-state index in [1.54, 1.807) is 18.3 Å². The zero-order valence-electron chi connectivity index (χ0n) is 16.7. The van der Waals surface area contributed by atoms with Crippen LogP contribution in [-0.4, -0.2) is 30.8 Å². The number of nitrogens with two attached hydrogens (primary N) is 1. The van der Waals surface area contributed by atoms with Crippen LogP contribution in [0.4, 0.5) is 10.2 Å². The Morgan fingerprint density at radius 1 is 1.16 bits per heavy atom. The molecule has 0 spiro atoms. The van der Waals surface area contributed by atoms with Gasteiger partial charge in [0.15, 0.2) is 9.84 Å². The fraction of sp³-hybridized carbons (Fsp3) is 0.217. The van der Waals surface area contributed by atoms with Gasteiger partial charge >= 0.3 is 0 Å². The molecule has 1 aromatic heterocycles. The van der Waals surface area contributed by atoms with Crippen LogP contribution >= 0.6 is 0 Å². The third kappa shape index (κ3) is 4.74. The molecule has 6 nitrogen and oxygen atoms in total. The number of hydrogen-bond donors (Lipinski definition) is 2. The van der Waals surface area contributed by atoms with Crippen molar-refractivity contribution in [3.8, 4) is 11.1 Å². The van der Waals surface area contributed by atoms with Crippen LogP contribution in [0.25, 0.3) is 11.1 Å². The van der Waals surface area contributed by atoms with Gasteiger partial charge in [0.1, 0.15) is 11.6 Å². The van der Waals surface area contributed by atoms with E-state index >= 15 is 0 Å². The van der Waals surface area contributed by atoms with Gasteiger partial charge in [-0.25, -0.2) is 17.8 Å². The Hall–Kier alpha value is -3.26. The van der Waals surface area contributed by atoms with Crippen LogP contribution in [0.3, 0.4) is 0 Å². The molecule has 1 atom stereocenters. The van der Waals surface area contributed by atoms with Crippen molar-refractivity contribution in [1.82, 2.24) is 10.3 Å². The molecule has 31 heavy (non-hydrogen) atoms. The zero-order chi connectivity index (χ0) is 22.0. The number of benzene rings is 2. The summed E-state index contributed by atoms with van der Waals surface area (Å²) < 4.78 is 38.3.